The van der Waals surface area contributed by atoms with Crippen LogP contribution in [-0.4, -0.2) is 13.4 Å². The Morgan fingerprint density at radius 3 is 2.58 bits per heavy atom. The standard InChI is InChI=1S/C11H9Br2N3O2S/c12-7-3-4-10(8(13)6-7)16-19(17,18)11-9(14)2-1-5-15-11/h1-6,16H,14H2. The van der Waals surface area contributed by atoms with Gasteiger partial charge in [0.2, 0.25) is 0 Å². The molecule has 3 N–H and O–H groups in total. The number of nitrogens with two attached hydrogens (primary N) is 1. The number of pyridine rings is 1. The molecule has 0 aliphatic rings. The van der Waals surface area contributed by atoms with Crippen LogP contribution in [0.15, 0.2) is 50.5 Å². The summed E-state index contributed by atoms with van der Waals surface area (Å²) >= 11 is 6.58. The Bertz CT molecular complexity index is 720. The molecule has 5 nitrogen and oxygen atoms in total. The van der Waals surface area contributed by atoms with E-state index in [1.807, 2.05) is 0 Å². The number of rotatable bonds is 3. The number of nitrogens with one attached hydrogen (secondary N) is 1. The van der Waals surface area contributed by atoms with Gasteiger partial charge in [0.05, 0.1) is 11.4 Å². The minimum Gasteiger partial charge on any atom is -0.396 e. The average molecular weight is 407 g/mol. The second-order valence-corrected chi connectivity index (χ2v) is 7.00. The van der Waals surface area contributed by atoms with Crippen LogP contribution in [0.4, 0.5) is 11.4 Å². The van der Waals surface area contributed by atoms with Gasteiger partial charge in [0, 0.05) is 15.1 Å². The summed E-state index contributed by atoms with van der Waals surface area (Å²) in [6.45, 7) is 0. The molecule has 100 valence electrons. The van der Waals surface area contributed by atoms with Crippen molar-refractivity contribution in [2.75, 3.05) is 10.5 Å². The topological polar surface area (TPSA) is 85.1 Å². The van der Waals surface area contributed by atoms with Gasteiger partial charge in [0.1, 0.15) is 0 Å². The maximum Gasteiger partial charge on any atom is 0.281 e. The van der Waals surface area contributed by atoms with Gasteiger partial charge < -0.3 is 5.73 Å². The van der Waals surface area contributed by atoms with E-state index in [1.165, 1.54) is 12.3 Å². The Morgan fingerprint density at radius 1 is 1.21 bits per heavy atom. The molecule has 0 atom stereocenters. The van der Waals surface area contributed by atoms with Crippen LogP contribution in [0.2, 0.25) is 0 Å². The number of nitrogens with zero attached hydrogens (tertiary/aromatic N) is 1. The van der Waals surface area contributed by atoms with Crippen LogP contribution in [0, 0.1) is 0 Å². The highest BCUT2D eigenvalue weighted by Crippen LogP contribution is 2.28. The minimum absolute atomic E-state index is 0.100. The maximum atomic E-state index is 12.2. The molecule has 0 aliphatic carbocycles. The molecule has 1 aromatic carbocycles. The van der Waals surface area contributed by atoms with Crippen molar-refractivity contribution in [2.45, 2.75) is 5.03 Å². The summed E-state index contributed by atoms with van der Waals surface area (Å²) in [7, 11) is -3.81. The van der Waals surface area contributed by atoms with E-state index in [0.717, 1.165) is 4.47 Å². The summed E-state index contributed by atoms with van der Waals surface area (Å²) in [5.74, 6) is 0. The van der Waals surface area contributed by atoms with Crippen molar-refractivity contribution in [3.63, 3.8) is 0 Å². The second kappa shape index (κ2) is 5.48. The van der Waals surface area contributed by atoms with Crippen molar-refractivity contribution >= 4 is 53.3 Å². The summed E-state index contributed by atoms with van der Waals surface area (Å²) in [6, 6.07) is 8.15. The fourth-order valence-corrected chi connectivity index (χ4v) is 3.81. The van der Waals surface area contributed by atoms with Crippen molar-refractivity contribution < 1.29 is 8.42 Å². The zero-order chi connectivity index (χ0) is 14.0. The summed E-state index contributed by atoms with van der Waals surface area (Å²) in [5.41, 5.74) is 6.13. The van der Waals surface area contributed by atoms with Crippen LogP contribution >= 0.6 is 31.9 Å². The number of hydrogen-bond acceptors (Lipinski definition) is 4. The number of anilines is 2. The van der Waals surface area contributed by atoms with E-state index in [-0.39, 0.29) is 10.7 Å². The zero-order valence-electron chi connectivity index (χ0n) is 9.47. The van der Waals surface area contributed by atoms with E-state index >= 15 is 0 Å². The van der Waals surface area contributed by atoms with Crippen molar-refractivity contribution in [3.8, 4) is 0 Å². The van der Waals surface area contributed by atoms with Gasteiger partial charge in [0.25, 0.3) is 10.0 Å². The molecule has 1 aromatic heterocycles. The van der Waals surface area contributed by atoms with E-state index < -0.39 is 10.0 Å². The van der Waals surface area contributed by atoms with E-state index in [2.05, 4.69) is 41.6 Å². The van der Waals surface area contributed by atoms with Crippen molar-refractivity contribution in [1.29, 1.82) is 0 Å². The van der Waals surface area contributed by atoms with Gasteiger partial charge in [-0.2, -0.15) is 8.42 Å². The third-order valence-corrected chi connectivity index (χ3v) is 4.72. The van der Waals surface area contributed by atoms with Gasteiger partial charge in [-0.15, -0.1) is 0 Å². The predicted octanol–water partition coefficient (Wildman–Crippen LogP) is 2.99. The van der Waals surface area contributed by atoms with Crippen LogP contribution in [0.25, 0.3) is 0 Å². The first-order valence-electron chi connectivity index (χ1n) is 5.08. The van der Waals surface area contributed by atoms with Gasteiger partial charge in [-0.1, -0.05) is 15.9 Å². The first-order chi connectivity index (χ1) is 8.90. The molecule has 0 saturated heterocycles. The molecule has 2 aromatic rings. The minimum atomic E-state index is -3.81. The molecule has 19 heavy (non-hydrogen) atoms. The van der Waals surface area contributed by atoms with Gasteiger partial charge in [0.15, 0.2) is 5.03 Å². The molecule has 0 spiro atoms. The number of aromatic nitrogens is 1. The maximum absolute atomic E-state index is 12.2. The van der Waals surface area contributed by atoms with Gasteiger partial charge in [-0.3, -0.25) is 4.72 Å². The summed E-state index contributed by atoms with van der Waals surface area (Å²) in [6.07, 6.45) is 1.38. The number of benzene rings is 1. The summed E-state index contributed by atoms with van der Waals surface area (Å²) in [5, 5.41) is -0.190. The normalized spacial score (nSPS) is 11.3. The lowest BCUT2D eigenvalue weighted by atomic mass is 10.3. The van der Waals surface area contributed by atoms with E-state index in [0.29, 0.717) is 10.2 Å². The summed E-state index contributed by atoms with van der Waals surface area (Å²) in [4.78, 5) is 3.79. The highest BCUT2D eigenvalue weighted by Gasteiger charge is 2.19. The number of halogens is 2. The average Bonchev–Trinajstić information content (AvgIpc) is 2.33. The zero-order valence-corrected chi connectivity index (χ0v) is 13.5. The van der Waals surface area contributed by atoms with Gasteiger partial charge >= 0.3 is 0 Å². The molecule has 0 aliphatic heterocycles. The summed E-state index contributed by atoms with van der Waals surface area (Å²) < 4.78 is 28.2. The van der Waals surface area contributed by atoms with Crippen molar-refractivity contribution in [1.82, 2.24) is 4.98 Å². The van der Waals surface area contributed by atoms with Crippen LogP contribution in [0.1, 0.15) is 0 Å². The molecule has 2 rings (SSSR count). The lowest BCUT2D eigenvalue weighted by Gasteiger charge is -2.10. The lowest BCUT2D eigenvalue weighted by molar-refractivity contribution is 0.598. The Hall–Kier alpha value is -1.12. The highest BCUT2D eigenvalue weighted by atomic mass is 79.9. The van der Waals surface area contributed by atoms with Gasteiger partial charge in [-0.05, 0) is 46.3 Å². The number of nitrogen functional groups attached to an aromatic ring is 1. The van der Waals surface area contributed by atoms with Gasteiger partial charge in [-0.25, -0.2) is 4.98 Å². The van der Waals surface area contributed by atoms with Crippen LogP contribution in [0.3, 0.4) is 0 Å². The molecule has 0 fully saturated rings. The molecule has 0 bridgehead atoms. The smallest absolute Gasteiger partial charge is 0.281 e. The molecular weight excluding hydrogens is 398 g/mol. The number of hydrogen-bond donors (Lipinski definition) is 2. The Kier molecular flexibility index (Phi) is 4.12. The Balaban J connectivity index is 2.40. The number of sulfonamides is 1. The Morgan fingerprint density at radius 2 is 1.95 bits per heavy atom. The monoisotopic (exact) mass is 405 g/mol. The Labute approximate surface area is 127 Å². The fourth-order valence-electron chi connectivity index (χ4n) is 1.39. The van der Waals surface area contributed by atoms with Crippen LogP contribution in [0.5, 0.6) is 0 Å². The van der Waals surface area contributed by atoms with Crippen LogP contribution in [-0.2, 0) is 10.0 Å². The quantitative estimate of drug-likeness (QED) is 0.820. The first kappa shape index (κ1) is 14.3. The lowest BCUT2D eigenvalue weighted by Crippen LogP contribution is -2.16. The molecule has 8 heteroatoms. The molecule has 0 radical (unpaired) electrons. The fraction of sp³-hybridized carbons (Fsp3) is 0. The van der Waals surface area contributed by atoms with Crippen molar-refractivity contribution in [2.24, 2.45) is 0 Å². The second-order valence-electron chi connectivity index (χ2n) is 3.63. The van der Waals surface area contributed by atoms with Crippen molar-refractivity contribution in [3.05, 3.63) is 45.5 Å². The van der Waals surface area contributed by atoms with E-state index in [9.17, 15) is 8.42 Å². The first-order valence-corrected chi connectivity index (χ1v) is 8.15. The third-order valence-electron chi connectivity index (χ3n) is 2.23. The third kappa shape index (κ3) is 3.26. The van der Waals surface area contributed by atoms with Crippen LogP contribution < -0.4 is 10.5 Å². The molecular formula is C11H9Br2N3O2S. The van der Waals surface area contributed by atoms with E-state index in [1.54, 1.807) is 24.3 Å². The molecule has 0 saturated carbocycles. The van der Waals surface area contributed by atoms with E-state index in [4.69, 9.17) is 5.73 Å². The SMILES string of the molecule is Nc1cccnc1S(=O)(=O)Nc1ccc(Br)cc1Br. The largest absolute Gasteiger partial charge is 0.396 e. The predicted molar refractivity (Wildman–Crippen MR) is 81.3 cm³/mol. The molecule has 0 amide bonds. The molecule has 0 unspecified atom stereocenters. The molecule has 1 heterocycles. The highest BCUT2D eigenvalue weighted by molar-refractivity contribution is 9.11.